The molecule has 0 N–H and O–H groups in total. The molecular formula is C9H9N3. The molecule has 0 aromatic carbocycles. The summed E-state index contributed by atoms with van der Waals surface area (Å²) in [5.41, 5.74) is 3.11. The van der Waals surface area contributed by atoms with Crippen LogP contribution in [0.5, 0.6) is 0 Å². The van der Waals surface area contributed by atoms with Crippen molar-refractivity contribution in [1.29, 1.82) is 0 Å². The third-order valence-corrected chi connectivity index (χ3v) is 2.07. The van der Waals surface area contributed by atoms with E-state index < -0.39 is 0 Å². The minimum Gasteiger partial charge on any atom is -0.259 e. The molecular weight excluding hydrogens is 150 g/mol. The molecule has 2 aromatic rings. The zero-order chi connectivity index (χ0) is 8.55. The summed E-state index contributed by atoms with van der Waals surface area (Å²) in [4.78, 5) is 12.3. The average molecular weight is 159 g/mol. The molecule has 0 fully saturated rings. The highest BCUT2D eigenvalue weighted by Gasteiger charge is 2.00. The molecule has 2 rings (SSSR count). The van der Waals surface area contributed by atoms with Gasteiger partial charge < -0.3 is 0 Å². The highest BCUT2D eigenvalue weighted by Crippen LogP contribution is 2.15. The normalized spacial score (nSPS) is 10.5. The lowest BCUT2D eigenvalue weighted by molar-refractivity contribution is 1.14. The number of pyridine rings is 1. The predicted octanol–water partition coefficient (Wildman–Crippen LogP) is 1.64. The molecule has 0 unspecified atom stereocenters. The fourth-order valence-electron chi connectivity index (χ4n) is 1.18. The van der Waals surface area contributed by atoms with Gasteiger partial charge in [0.15, 0.2) is 0 Å². The van der Waals surface area contributed by atoms with Crippen molar-refractivity contribution in [3.63, 3.8) is 0 Å². The zero-order valence-electron chi connectivity index (χ0n) is 7.07. The molecule has 3 nitrogen and oxygen atoms in total. The lowest BCUT2D eigenvalue weighted by Gasteiger charge is -2.01. The maximum atomic E-state index is 4.22. The first-order valence-corrected chi connectivity index (χ1v) is 3.81. The van der Waals surface area contributed by atoms with Gasteiger partial charge in [-0.05, 0) is 19.4 Å². The van der Waals surface area contributed by atoms with Gasteiger partial charge in [-0.15, -0.1) is 0 Å². The van der Waals surface area contributed by atoms with Crippen LogP contribution < -0.4 is 0 Å². The standard InChI is InChI=1S/C9H9N3/c1-6-7(2)11-4-9-8(6)3-10-5-12-9/h3-5H,1-2H3. The van der Waals surface area contributed by atoms with Gasteiger partial charge >= 0.3 is 0 Å². The number of aromatic nitrogens is 3. The Morgan fingerprint density at radius 1 is 1.08 bits per heavy atom. The van der Waals surface area contributed by atoms with Crippen molar-refractivity contribution in [1.82, 2.24) is 15.0 Å². The van der Waals surface area contributed by atoms with Crippen LogP contribution in [0.4, 0.5) is 0 Å². The largest absolute Gasteiger partial charge is 0.259 e. The van der Waals surface area contributed by atoms with Crippen LogP contribution in [0.1, 0.15) is 11.3 Å². The Labute approximate surface area is 70.5 Å². The molecule has 0 aliphatic carbocycles. The first-order valence-electron chi connectivity index (χ1n) is 3.81. The van der Waals surface area contributed by atoms with E-state index in [1.54, 1.807) is 12.5 Å². The molecule has 2 aromatic heterocycles. The van der Waals surface area contributed by atoms with Crippen LogP contribution in [-0.2, 0) is 0 Å². The summed E-state index contributed by atoms with van der Waals surface area (Å²) in [5, 5.41) is 1.09. The minimum atomic E-state index is 0.910. The molecule has 0 saturated carbocycles. The second-order valence-electron chi connectivity index (χ2n) is 2.79. The summed E-state index contributed by atoms with van der Waals surface area (Å²) in [6, 6.07) is 0. The topological polar surface area (TPSA) is 38.7 Å². The molecule has 0 radical (unpaired) electrons. The van der Waals surface area contributed by atoms with E-state index in [9.17, 15) is 0 Å². The molecule has 0 atom stereocenters. The van der Waals surface area contributed by atoms with E-state index in [0.29, 0.717) is 0 Å². The number of nitrogens with zero attached hydrogens (tertiary/aromatic N) is 3. The van der Waals surface area contributed by atoms with Gasteiger partial charge in [-0.2, -0.15) is 0 Å². The summed E-state index contributed by atoms with van der Waals surface area (Å²) in [6.07, 6.45) is 5.14. The summed E-state index contributed by atoms with van der Waals surface area (Å²) >= 11 is 0. The highest BCUT2D eigenvalue weighted by molar-refractivity contribution is 5.80. The Balaban J connectivity index is 2.91. The van der Waals surface area contributed by atoms with Crippen molar-refractivity contribution in [2.24, 2.45) is 0 Å². The van der Waals surface area contributed by atoms with E-state index in [0.717, 1.165) is 22.2 Å². The summed E-state index contributed by atoms with van der Waals surface area (Å²) in [6.45, 7) is 4.02. The third-order valence-electron chi connectivity index (χ3n) is 2.07. The fourth-order valence-corrected chi connectivity index (χ4v) is 1.18. The maximum Gasteiger partial charge on any atom is 0.116 e. The number of rotatable bonds is 0. The van der Waals surface area contributed by atoms with Crippen molar-refractivity contribution in [3.05, 3.63) is 30.0 Å². The average Bonchev–Trinajstić information content (AvgIpc) is 2.12. The monoisotopic (exact) mass is 159 g/mol. The van der Waals surface area contributed by atoms with Gasteiger partial charge in [0.25, 0.3) is 0 Å². The molecule has 0 saturated heterocycles. The van der Waals surface area contributed by atoms with Gasteiger partial charge in [0.2, 0.25) is 0 Å². The zero-order valence-corrected chi connectivity index (χ0v) is 7.07. The smallest absolute Gasteiger partial charge is 0.116 e. The molecule has 2 heterocycles. The van der Waals surface area contributed by atoms with Gasteiger partial charge in [-0.25, -0.2) is 9.97 Å². The highest BCUT2D eigenvalue weighted by atomic mass is 14.8. The Morgan fingerprint density at radius 2 is 1.92 bits per heavy atom. The molecule has 0 spiro atoms. The second kappa shape index (κ2) is 2.52. The number of hydrogen-bond acceptors (Lipinski definition) is 3. The SMILES string of the molecule is Cc1ncc2ncncc2c1C. The minimum absolute atomic E-state index is 0.910. The van der Waals surface area contributed by atoms with Crippen LogP contribution in [0, 0.1) is 13.8 Å². The first-order chi connectivity index (χ1) is 5.79. The van der Waals surface area contributed by atoms with Gasteiger partial charge in [-0.1, -0.05) is 0 Å². The van der Waals surface area contributed by atoms with Gasteiger partial charge in [-0.3, -0.25) is 4.98 Å². The van der Waals surface area contributed by atoms with Crippen LogP contribution in [0.3, 0.4) is 0 Å². The van der Waals surface area contributed by atoms with E-state index >= 15 is 0 Å². The lowest BCUT2D eigenvalue weighted by atomic mass is 10.1. The van der Waals surface area contributed by atoms with Crippen molar-refractivity contribution in [2.75, 3.05) is 0 Å². The van der Waals surface area contributed by atoms with E-state index in [4.69, 9.17) is 0 Å². The molecule has 0 amide bonds. The fraction of sp³-hybridized carbons (Fsp3) is 0.222. The molecule has 0 aliphatic heterocycles. The van der Waals surface area contributed by atoms with Crippen molar-refractivity contribution in [2.45, 2.75) is 13.8 Å². The maximum absolute atomic E-state index is 4.22. The van der Waals surface area contributed by atoms with Crippen molar-refractivity contribution < 1.29 is 0 Å². The van der Waals surface area contributed by atoms with Gasteiger partial charge in [0.05, 0.1) is 11.7 Å². The van der Waals surface area contributed by atoms with Crippen LogP contribution in [-0.4, -0.2) is 15.0 Å². The third kappa shape index (κ3) is 0.942. The molecule has 12 heavy (non-hydrogen) atoms. The van der Waals surface area contributed by atoms with Crippen LogP contribution in [0.15, 0.2) is 18.7 Å². The van der Waals surface area contributed by atoms with Crippen LogP contribution in [0.2, 0.25) is 0 Å². The Kier molecular flexibility index (Phi) is 1.50. The van der Waals surface area contributed by atoms with Crippen LogP contribution >= 0.6 is 0 Å². The Hall–Kier alpha value is -1.51. The van der Waals surface area contributed by atoms with E-state index in [2.05, 4.69) is 15.0 Å². The van der Waals surface area contributed by atoms with Crippen molar-refractivity contribution in [3.8, 4) is 0 Å². The quantitative estimate of drug-likeness (QED) is 0.586. The lowest BCUT2D eigenvalue weighted by Crippen LogP contribution is -1.90. The number of aryl methyl sites for hydroxylation is 2. The van der Waals surface area contributed by atoms with Gasteiger partial charge in [0, 0.05) is 17.3 Å². The molecule has 60 valence electrons. The summed E-state index contributed by atoms with van der Waals surface area (Å²) in [5.74, 6) is 0. The van der Waals surface area contributed by atoms with Crippen molar-refractivity contribution >= 4 is 10.9 Å². The van der Waals surface area contributed by atoms with Crippen LogP contribution in [0.25, 0.3) is 10.9 Å². The van der Waals surface area contributed by atoms with E-state index in [-0.39, 0.29) is 0 Å². The molecule has 3 heteroatoms. The predicted molar refractivity (Wildman–Crippen MR) is 46.8 cm³/mol. The summed E-state index contributed by atoms with van der Waals surface area (Å²) < 4.78 is 0. The number of fused-ring (bicyclic) bond motifs is 1. The Morgan fingerprint density at radius 3 is 2.75 bits per heavy atom. The first kappa shape index (κ1) is 7.16. The van der Waals surface area contributed by atoms with E-state index in [1.165, 1.54) is 0 Å². The molecule has 0 aliphatic rings. The van der Waals surface area contributed by atoms with Gasteiger partial charge in [0.1, 0.15) is 6.33 Å². The summed E-state index contributed by atoms with van der Waals surface area (Å²) in [7, 11) is 0. The molecule has 0 bridgehead atoms. The second-order valence-corrected chi connectivity index (χ2v) is 2.79. The van der Waals surface area contributed by atoms with E-state index in [1.807, 2.05) is 20.0 Å². The number of hydrogen-bond donors (Lipinski definition) is 0. The Bertz CT molecular complexity index is 423.